The van der Waals surface area contributed by atoms with Crippen molar-refractivity contribution >= 4 is 69.8 Å². The highest BCUT2D eigenvalue weighted by Gasteiger charge is 2.18. The molecule has 2 aromatic heterocycles. The van der Waals surface area contributed by atoms with E-state index in [1.807, 2.05) is 0 Å². The predicted octanol–water partition coefficient (Wildman–Crippen LogP) is 3.80. The van der Waals surface area contributed by atoms with Crippen molar-refractivity contribution in [3.8, 4) is 0 Å². The standard InChI is InChI=1S/C9H5Cl4N5S/c10-4-6(5(11)8(13)18-7(4)12)19-9-16-2(14)1-3(15)17-9/h1H,(H4,14,15,16,17). The Kier molecular flexibility index (Phi) is 4.47. The summed E-state index contributed by atoms with van der Waals surface area (Å²) in [5.41, 5.74) is 11.1. The fraction of sp³-hybridized carbons (Fsp3) is 0. The Balaban J connectivity index is 2.49. The summed E-state index contributed by atoms with van der Waals surface area (Å²) in [6.07, 6.45) is 0. The monoisotopic (exact) mass is 355 g/mol. The highest BCUT2D eigenvalue weighted by atomic mass is 35.5. The number of hydrogen-bond acceptors (Lipinski definition) is 6. The van der Waals surface area contributed by atoms with Gasteiger partial charge in [0.2, 0.25) is 0 Å². The Labute approximate surface area is 132 Å². The second kappa shape index (κ2) is 5.76. The third kappa shape index (κ3) is 3.27. The van der Waals surface area contributed by atoms with Crippen molar-refractivity contribution in [3.05, 3.63) is 26.4 Å². The van der Waals surface area contributed by atoms with Crippen molar-refractivity contribution in [2.24, 2.45) is 0 Å². The molecule has 2 aromatic rings. The molecule has 0 atom stereocenters. The van der Waals surface area contributed by atoms with Gasteiger partial charge in [0.25, 0.3) is 0 Å². The third-order valence-electron chi connectivity index (χ3n) is 1.90. The number of hydrogen-bond donors (Lipinski definition) is 2. The van der Waals surface area contributed by atoms with Crippen molar-refractivity contribution in [2.45, 2.75) is 10.1 Å². The van der Waals surface area contributed by atoms with E-state index in [0.717, 1.165) is 11.8 Å². The Hall–Kier alpha value is -0.660. The number of aromatic nitrogens is 3. The molecule has 0 saturated heterocycles. The zero-order chi connectivity index (χ0) is 14.2. The molecule has 0 aromatic carbocycles. The number of halogens is 4. The molecule has 100 valence electrons. The number of nitrogens with zero attached hydrogens (tertiary/aromatic N) is 3. The number of pyridine rings is 1. The van der Waals surface area contributed by atoms with Gasteiger partial charge in [0.15, 0.2) is 15.5 Å². The summed E-state index contributed by atoms with van der Waals surface area (Å²) >= 11 is 24.7. The second-order valence-electron chi connectivity index (χ2n) is 3.25. The minimum absolute atomic E-state index is 0.0374. The van der Waals surface area contributed by atoms with Crippen LogP contribution >= 0.6 is 58.2 Å². The molecular weight excluding hydrogens is 352 g/mol. The average molecular weight is 357 g/mol. The summed E-state index contributed by atoms with van der Waals surface area (Å²) in [6, 6.07) is 1.43. The lowest BCUT2D eigenvalue weighted by atomic mass is 10.5. The maximum atomic E-state index is 6.02. The third-order valence-corrected chi connectivity index (χ3v) is 4.57. The van der Waals surface area contributed by atoms with Crippen molar-refractivity contribution < 1.29 is 0 Å². The van der Waals surface area contributed by atoms with E-state index >= 15 is 0 Å². The predicted molar refractivity (Wildman–Crippen MR) is 79.3 cm³/mol. The van der Waals surface area contributed by atoms with Crippen LogP contribution in [0, 0.1) is 0 Å². The van der Waals surface area contributed by atoms with Crippen LogP contribution in [-0.2, 0) is 0 Å². The minimum Gasteiger partial charge on any atom is -0.383 e. The topological polar surface area (TPSA) is 90.7 Å². The van der Waals surface area contributed by atoms with Gasteiger partial charge >= 0.3 is 0 Å². The van der Waals surface area contributed by atoms with Crippen LogP contribution in [0.4, 0.5) is 11.6 Å². The summed E-state index contributed by atoms with van der Waals surface area (Å²) in [7, 11) is 0. The summed E-state index contributed by atoms with van der Waals surface area (Å²) < 4.78 is 0. The van der Waals surface area contributed by atoms with Crippen LogP contribution in [0.15, 0.2) is 16.1 Å². The molecule has 2 heterocycles. The maximum Gasteiger partial charge on any atom is 0.196 e. The van der Waals surface area contributed by atoms with Gasteiger partial charge in [-0.2, -0.15) is 0 Å². The smallest absolute Gasteiger partial charge is 0.196 e. The molecule has 0 aliphatic carbocycles. The van der Waals surface area contributed by atoms with Gasteiger partial charge in [-0.05, 0) is 11.8 Å². The van der Waals surface area contributed by atoms with Crippen LogP contribution in [0.2, 0.25) is 20.4 Å². The molecule has 5 nitrogen and oxygen atoms in total. The van der Waals surface area contributed by atoms with Gasteiger partial charge in [0.05, 0.1) is 14.9 Å². The van der Waals surface area contributed by atoms with E-state index in [-0.39, 0.29) is 37.1 Å². The van der Waals surface area contributed by atoms with Gasteiger partial charge in [-0.3, -0.25) is 0 Å². The molecule has 0 aliphatic rings. The van der Waals surface area contributed by atoms with Crippen LogP contribution < -0.4 is 11.5 Å². The molecule has 4 N–H and O–H groups in total. The lowest BCUT2D eigenvalue weighted by molar-refractivity contribution is 0.984. The molecule has 0 unspecified atom stereocenters. The zero-order valence-electron chi connectivity index (χ0n) is 8.99. The van der Waals surface area contributed by atoms with Crippen LogP contribution in [0.3, 0.4) is 0 Å². The molecule has 0 bridgehead atoms. The Bertz CT molecular complexity index is 604. The quantitative estimate of drug-likeness (QED) is 0.628. The number of anilines is 2. The summed E-state index contributed by atoms with van der Waals surface area (Å²) in [4.78, 5) is 12.2. The molecule has 0 aliphatic heterocycles. The van der Waals surface area contributed by atoms with E-state index in [9.17, 15) is 0 Å². The molecule has 10 heteroatoms. The molecule has 0 spiro atoms. The molecule has 0 amide bonds. The Morgan fingerprint density at radius 2 is 1.32 bits per heavy atom. The molecule has 0 radical (unpaired) electrons. The van der Waals surface area contributed by atoms with Gasteiger partial charge in [0, 0.05) is 6.07 Å². The molecule has 0 fully saturated rings. The summed E-state index contributed by atoms with van der Waals surface area (Å²) in [5.74, 6) is 0.460. The Morgan fingerprint density at radius 3 is 1.79 bits per heavy atom. The fourth-order valence-electron chi connectivity index (χ4n) is 1.16. The molecule has 2 rings (SSSR count). The first kappa shape index (κ1) is 14.7. The van der Waals surface area contributed by atoms with E-state index in [2.05, 4.69) is 15.0 Å². The first-order chi connectivity index (χ1) is 8.88. The van der Waals surface area contributed by atoms with E-state index in [1.54, 1.807) is 0 Å². The SMILES string of the molecule is Nc1cc(N)nc(Sc2c(Cl)c(Cl)nc(Cl)c2Cl)n1. The number of rotatable bonds is 2. The summed E-state index contributed by atoms with van der Waals surface area (Å²) in [6.45, 7) is 0. The lowest BCUT2D eigenvalue weighted by Gasteiger charge is -2.08. The van der Waals surface area contributed by atoms with E-state index in [1.165, 1.54) is 6.07 Å². The highest BCUT2D eigenvalue weighted by Crippen LogP contribution is 2.43. The normalized spacial score (nSPS) is 10.7. The molecular formula is C9H5Cl4N5S. The Morgan fingerprint density at radius 1 is 0.842 bits per heavy atom. The van der Waals surface area contributed by atoms with Gasteiger partial charge in [-0.15, -0.1) is 0 Å². The first-order valence-electron chi connectivity index (χ1n) is 4.66. The zero-order valence-corrected chi connectivity index (χ0v) is 12.8. The summed E-state index contributed by atoms with van der Waals surface area (Å²) in [5, 5.41) is 0.668. The lowest BCUT2D eigenvalue weighted by Crippen LogP contribution is -1.99. The van der Waals surface area contributed by atoms with Crippen LogP contribution in [0.1, 0.15) is 0 Å². The van der Waals surface area contributed by atoms with Gasteiger partial charge in [0.1, 0.15) is 11.6 Å². The minimum atomic E-state index is 0.0374. The maximum absolute atomic E-state index is 6.02. The van der Waals surface area contributed by atoms with Gasteiger partial charge in [-0.1, -0.05) is 46.4 Å². The van der Waals surface area contributed by atoms with Crippen molar-refractivity contribution in [3.63, 3.8) is 0 Å². The largest absolute Gasteiger partial charge is 0.383 e. The van der Waals surface area contributed by atoms with E-state index in [4.69, 9.17) is 57.9 Å². The van der Waals surface area contributed by atoms with E-state index < -0.39 is 0 Å². The van der Waals surface area contributed by atoms with Crippen molar-refractivity contribution in [1.82, 2.24) is 15.0 Å². The van der Waals surface area contributed by atoms with Crippen LogP contribution in [0.5, 0.6) is 0 Å². The van der Waals surface area contributed by atoms with Gasteiger partial charge in [-0.25, -0.2) is 15.0 Å². The van der Waals surface area contributed by atoms with E-state index in [0.29, 0.717) is 4.90 Å². The molecule has 19 heavy (non-hydrogen) atoms. The fourth-order valence-corrected chi connectivity index (χ4v) is 3.08. The van der Waals surface area contributed by atoms with Crippen molar-refractivity contribution in [2.75, 3.05) is 11.5 Å². The number of nitrogens with two attached hydrogens (primary N) is 2. The highest BCUT2D eigenvalue weighted by molar-refractivity contribution is 7.99. The van der Waals surface area contributed by atoms with Crippen LogP contribution in [0.25, 0.3) is 0 Å². The first-order valence-corrected chi connectivity index (χ1v) is 6.99. The van der Waals surface area contributed by atoms with Crippen LogP contribution in [-0.4, -0.2) is 15.0 Å². The molecule has 0 saturated carbocycles. The van der Waals surface area contributed by atoms with Crippen molar-refractivity contribution in [1.29, 1.82) is 0 Å². The van der Waals surface area contributed by atoms with Gasteiger partial charge < -0.3 is 11.5 Å². The average Bonchev–Trinajstić information content (AvgIpc) is 2.31. The second-order valence-corrected chi connectivity index (χ2v) is 5.70. The number of nitrogen functional groups attached to an aromatic ring is 2.